The van der Waals surface area contributed by atoms with Crippen molar-refractivity contribution in [1.82, 2.24) is 14.7 Å². The molecule has 2 aromatic rings. The second-order valence-corrected chi connectivity index (χ2v) is 7.92. The van der Waals surface area contributed by atoms with Crippen LogP contribution >= 0.6 is 11.6 Å². The van der Waals surface area contributed by atoms with E-state index in [1.54, 1.807) is 6.07 Å². The van der Waals surface area contributed by atoms with Crippen molar-refractivity contribution in [3.8, 4) is 0 Å². The van der Waals surface area contributed by atoms with Gasteiger partial charge in [-0.15, -0.1) is 0 Å². The smallest absolute Gasteiger partial charge is 0.275 e. The summed E-state index contributed by atoms with van der Waals surface area (Å²) in [7, 11) is -3.70. The van der Waals surface area contributed by atoms with E-state index in [4.69, 9.17) is 17.3 Å². The van der Waals surface area contributed by atoms with Crippen LogP contribution in [0, 0.1) is 0 Å². The van der Waals surface area contributed by atoms with Gasteiger partial charge in [-0.25, -0.2) is 23.1 Å². The summed E-state index contributed by atoms with van der Waals surface area (Å²) in [6, 6.07) is 5.85. The van der Waals surface area contributed by atoms with E-state index in [2.05, 4.69) is 20.0 Å². The zero-order chi connectivity index (χ0) is 19.3. The summed E-state index contributed by atoms with van der Waals surface area (Å²) in [5, 5.41) is 2.71. The highest BCUT2D eigenvalue weighted by Gasteiger charge is 2.18. The number of nitrogens with one attached hydrogen (secondary N) is 2. The van der Waals surface area contributed by atoms with Crippen molar-refractivity contribution in [3.05, 3.63) is 47.0 Å². The third-order valence-corrected chi connectivity index (χ3v) is 5.07. The second-order valence-electron chi connectivity index (χ2n) is 5.75. The molecular formula is C16H20ClN5O3S. The lowest BCUT2D eigenvalue weighted by atomic mass is 10.2. The highest BCUT2D eigenvalue weighted by atomic mass is 35.5. The number of aromatic nitrogens is 2. The first-order chi connectivity index (χ1) is 12.2. The SMILES string of the molecule is CC(C)c1ncc(Cl)c(C(=O)Nc2cccc(S(=O)(=O)NCCN)c2)n1. The number of halogens is 1. The molecule has 0 unspecified atom stereocenters. The fourth-order valence-electron chi connectivity index (χ4n) is 2.03. The van der Waals surface area contributed by atoms with Gasteiger partial charge < -0.3 is 11.1 Å². The van der Waals surface area contributed by atoms with Gasteiger partial charge in [0.05, 0.1) is 16.1 Å². The van der Waals surface area contributed by atoms with Crippen molar-refractivity contribution in [1.29, 1.82) is 0 Å². The van der Waals surface area contributed by atoms with Crippen LogP contribution in [0.4, 0.5) is 5.69 Å². The maximum atomic E-state index is 12.5. The van der Waals surface area contributed by atoms with Crippen LogP contribution in [-0.2, 0) is 10.0 Å². The first-order valence-electron chi connectivity index (χ1n) is 7.88. The number of carbonyl (C=O) groups excluding carboxylic acids is 1. The van der Waals surface area contributed by atoms with Gasteiger partial charge in [0, 0.05) is 24.7 Å². The van der Waals surface area contributed by atoms with E-state index < -0.39 is 15.9 Å². The predicted octanol–water partition coefficient (Wildman–Crippen LogP) is 1.74. The monoisotopic (exact) mass is 397 g/mol. The number of nitrogens with zero attached hydrogens (tertiary/aromatic N) is 2. The Morgan fingerprint density at radius 1 is 1.35 bits per heavy atom. The van der Waals surface area contributed by atoms with Gasteiger partial charge in [-0.1, -0.05) is 31.5 Å². The standard InChI is InChI=1S/C16H20ClN5O3S/c1-10(2)15-19-9-13(17)14(22-15)16(23)21-11-4-3-5-12(8-11)26(24,25)20-7-6-18/h3-5,8-10,20H,6-7,18H2,1-2H3,(H,21,23). The van der Waals surface area contributed by atoms with Crippen LogP contribution in [0.25, 0.3) is 0 Å². The number of anilines is 1. The maximum Gasteiger partial charge on any atom is 0.275 e. The Kier molecular flexibility index (Phi) is 6.65. The summed E-state index contributed by atoms with van der Waals surface area (Å²) < 4.78 is 26.7. The van der Waals surface area contributed by atoms with Crippen LogP contribution in [0.2, 0.25) is 5.02 Å². The molecule has 1 aromatic heterocycles. The summed E-state index contributed by atoms with van der Waals surface area (Å²) in [5.41, 5.74) is 5.64. The Hall–Kier alpha value is -2.07. The van der Waals surface area contributed by atoms with Gasteiger partial charge in [-0.2, -0.15) is 0 Å². The molecule has 0 aliphatic carbocycles. The van der Waals surface area contributed by atoms with E-state index in [-0.39, 0.29) is 34.6 Å². The maximum absolute atomic E-state index is 12.5. The number of benzene rings is 1. The minimum atomic E-state index is -3.70. The molecule has 1 aromatic carbocycles. The molecule has 0 saturated carbocycles. The van der Waals surface area contributed by atoms with E-state index in [1.165, 1.54) is 24.4 Å². The van der Waals surface area contributed by atoms with Crippen LogP contribution in [0.3, 0.4) is 0 Å². The third-order valence-electron chi connectivity index (χ3n) is 3.33. The van der Waals surface area contributed by atoms with Crippen LogP contribution in [-0.4, -0.2) is 37.4 Å². The van der Waals surface area contributed by atoms with Gasteiger partial charge in [0.2, 0.25) is 10.0 Å². The number of amides is 1. The molecule has 8 nitrogen and oxygen atoms in total. The summed E-state index contributed by atoms with van der Waals surface area (Å²) in [6.07, 6.45) is 1.37. The quantitative estimate of drug-likeness (QED) is 0.653. The average Bonchev–Trinajstić information content (AvgIpc) is 2.60. The predicted molar refractivity (Wildman–Crippen MR) is 99.8 cm³/mol. The Morgan fingerprint density at radius 3 is 2.73 bits per heavy atom. The van der Waals surface area contributed by atoms with E-state index in [9.17, 15) is 13.2 Å². The number of hydrogen-bond donors (Lipinski definition) is 3. The highest BCUT2D eigenvalue weighted by molar-refractivity contribution is 7.89. The molecule has 0 saturated heterocycles. The minimum Gasteiger partial charge on any atom is -0.329 e. The third kappa shape index (κ3) is 4.98. The lowest BCUT2D eigenvalue weighted by Gasteiger charge is -2.10. The van der Waals surface area contributed by atoms with E-state index in [0.29, 0.717) is 11.5 Å². The van der Waals surface area contributed by atoms with E-state index in [0.717, 1.165) is 0 Å². The Bertz CT molecular complexity index is 903. The molecule has 2 rings (SSSR count). The number of rotatable bonds is 7. The van der Waals surface area contributed by atoms with Crippen molar-refractivity contribution in [2.24, 2.45) is 5.73 Å². The molecule has 0 radical (unpaired) electrons. The lowest BCUT2D eigenvalue weighted by Crippen LogP contribution is -2.29. The van der Waals surface area contributed by atoms with Crippen molar-refractivity contribution in [2.75, 3.05) is 18.4 Å². The molecule has 26 heavy (non-hydrogen) atoms. The van der Waals surface area contributed by atoms with Gasteiger partial charge in [-0.05, 0) is 18.2 Å². The largest absolute Gasteiger partial charge is 0.329 e. The van der Waals surface area contributed by atoms with Crippen LogP contribution in [0.1, 0.15) is 36.1 Å². The number of sulfonamides is 1. The van der Waals surface area contributed by atoms with Crippen LogP contribution in [0.15, 0.2) is 35.4 Å². The topological polar surface area (TPSA) is 127 Å². The normalized spacial score (nSPS) is 11.6. The van der Waals surface area contributed by atoms with Crippen molar-refractivity contribution in [3.63, 3.8) is 0 Å². The molecule has 0 bridgehead atoms. The molecule has 10 heteroatoms. The fraction of sp³-hybridized carbons (Fsp3) is 0.312. The molecule has 0 atom stereocenters. The van der Waals surface area contributed by atoms with Gasteiger partial charge >= 0.3 is 0 Å². The van der Waals surface area contributed by atoms with Crippen molar-refractivity contribution in [2.45, 2.75) is 24.7 Å². The fourth-order valence-corrected chi connectivity index (χ4v) is 3.30. The summed E-state index contributed by atoms with van der Waals surface area (Å²) in [4.78, 5) is 20.8. The molecule has 0 fully saturated rings. The minimum absolute atomic E-state index is 0.0143. The summed E-state index contributed by atoms with van der Waals surface area (Å²) in [5.74, 6) is -0.0356. The number of nitrogens with two attached hydrogens (primary N) is 1. The van der Waals surface area contributed by atoms with E-state index >= 15 is 0 Å². The number of carbonyl (C=O) groups is 1. The molecule has 0 aliphatic rings. The van der Waals surface area contributed by atoms with Crippen LogP contribution < -0.4 is 15.8 Å². The zero-order valence-electron chi connectivity index (χ0n) is 14.4. The molecule has 1 amide bonds. The Morgan fingerprint density at radius 2 is 2.08 bits per heavy atom. The van der Waals surface area contributed by atoms with Crippen molar-refractivity contribution >= 4 is 33.2 Å². The van der Waals surface area contributed by atoms with Crippen molar-refractivity contribution < 1.29 is 13.2 Å². The zero-order valence-corrected chi connectivity index (χ0v) is 15.9. The first kappa shape index (κ1) is 20.2. The number of hydrogen-bond acceptors (Lipinski definition) is 6. The Balaban J connectivity index is 2.25. The Labute approximate surface area is 157 Å². The first-order valence-corrected chi connectivity index (χ1v) is 9.74. The summed E-state index contributed by atoms with van der Waals surface area (Å²) in [6.45, 7) is 4.09. The van der Waals surface area contributed by atoms with Gasteiger partial charge in [0.25, 0.3) is 5.91 Å². The second kappa shape index (κ2) is 8.54. The lowest BCUT2D eigenvalue weighted by molar-refractivity contribution is 0.102. The van der Waals surface area contributed by atoms with E-state index in [1.807, 2.05) is 13.8 Å². The highest BCUT2D eigenvalue weighted by Crippen LogP contribution is 2.20. The molecule has 140 valence electrons. The molecule has 4 N–H and O–H groups in total. The average molecular weight is 398 g/mol. The van der Waals surface area contributed by atoms with Gasteiger partial charge in [-0.3, -0.25) is 4.79 Å². The van der Waals surface area contributed by atoms with Gasteiger partial charge in [0.15, 0.2) is 5.69 Å². The molecule has 0 spiro atoms. The summed E-state index contributed by atoms with van der Waals surface area (Å²) >= 11 is 6.02. The van der Waals surface area contributed by atoms with Gasteiger partial charge in [0.1, 0.15) is 5.82 Å². The molecule has 0 aliphatic heterocycles. The molecular weight excluding hydrogens is 378 g/mol. The molecule has 1 heterocycles. The van der Waals surface area contributed by atoms with Crippen LogP contribution in [0.5, 0.6) is 0 Å².